The molecule has 2 amide bonds. The molecule has 0 aliphatic carbocycles. The molecule has 0 unspecified atom stereocenters. The second kappa shape index (κ2) is 5.45. The first-order valence-corrected chi connectivity index (χ1v) is 7.28. The number of aromatic nitrogens is 1. The quantitative estimate of drug-likeness (QED) is 0.708. The molecular weight excluding hydrogens is 270 g/mol. The smallest absolute Gasteiger partial charge is 0.241 e. The van der Waals surface area contributed by atoms with Crippen molar-refractivity contribution in [2.24, 2.45) is 0 Å². The van der Waals surface area contributed by atoms with Gasteiger partial charge in [0.05, 0.1) is 18.8 Å². The van der Waals surface area contributed by atoms with Crippen molar-refractivity contribution in [3.05, 3.63) is 30.1 Å². The summed E-state index contributed by atoms with van der Waals surface area (Å²) >= 11 is 0. The van der Waals surface area contributed by atoms with Crippen LogP contribution in [0.1, 0.15) is 5.56 Å². The molecule has 1 aromatic rings. The van der Waals surface area contributed by atoms with E-state index in [9.17, 15) is 18.0 Å². The highest BCUT2D eigenvalue weighted by Crippen LogP contribution is 2.08. The van der Waals surface area contributed by atoms with Crippen LogP contribution in [-0.2, 0) is 26.0 Å². The molecule has 102 valence electrons. The highest BCUT2D eigenvalue weighted by molar-refractivity contribution is 7.89. The molecule has 1 fully saturated rings. The van der Waals surface area contributed by atoms with Crippen LogP contribution in [0.15, 0.2) is 24.5 Å². The Kier molecular flexibility index (Phi) is 3.91. The molecule has 1 saturated heterocycles. The number of carbonyl (C=O) groups is 2. The molecule has 19 heavy (non-hydrogen) atoms. The first kappa shape index (κ1) is 13.6. The Morgan fingerprint density at radius 1 is 1.16 bits per heavy atom. The highest BCUT2D eigenvalue weighted by atomic mass is 32.2. The standard InChI is InChI=1S/C11H13N3O4S/c15-10-7-14(8-11(16)13-10)19(17,18)6-3-9-1-4-12-5-2-9/h1-2,4-5H,3,6-8H2,(H,13,15,16). The van der Waals surface area contributed by atoms with Crippen molar-refractivity contribution in [1.29, 1.82) is 0 Å². The van der Waals surface area contributed by atoms with E-state index in [1.807, 2.05) is 0 Å². The summed E-state index contributed by atoms with van der Waals surface area (Å²) in [7, 11) is -3.62. The van der Waals surface area contributed by atoms with Crippen LogP contribution in [0, 0.1) is 0 Å². The molecule has 0 radical (unpaired) electrons. The minimum atomic E-state index is -3.62. The van der Waals surface area contributed by atoms with E-state index >= 15 is 0 Å². The molecule has 0 atom stereocenters. The molecule has 1 aliphatic heterocycles. The van der Waals surface area contributed by atoms with Gasteiger partial charge in [0.25, 0.3) is 0 Å². The lowest BCUT2D eigenvalue weighted by Crippen LogP contribution is -2.53. The van der Waals surface area contributed by atoms with E-state index in [1.54, 1.807) is 24.5 Å². The topological polar surface area (TPSA) is 96.4 Å². The zero-order valence-electron chi connectivity index (χ0n) is 10.1. The van der Waals surface area contributed by atoms with Crippen LogP contribution in [0.4, 0.5) is 0 Å². The molecule has 2 heterocycles. The Labute approximate surface area is 110 Å². The minimum absolute atomic E-state index is 0.141. The van der Waals surface area contributed by atoms with E-state index in [0.29, 0.717) is 6.42 Å². The SMILES string of the molecule is O=C1CN(S(=O)(=O)CCc2ccncc2)CC(=O)N1. The number of sulfonamides is 1. The summed E-state index contributed by atoms with van der Waals surface area (Å²) in [6.45, 7) is -0.602. The number of nitrogens with one attached hydrogen (secondary N) is 1. The van der Waals surface area contributed by atoms with Crippen LogP contribution in [-0.4, -0.2) is 48.4 Å². The second-order valence-corrected chi connectivity index (χ2v) is 6.25. The van der Waals surface area contributed by atoms with Gasteiger partial charge in [-0.05, 0) is 24.1 Å². The van der Waals surface area contributed by atoms with Gasteiger partial charge in [-0.25, -0.2) is 8.42 Å². The predicted octanol–water partition coefficient (Wildman–Crippen LogP) is -1.09. The molecule has 0 bridgehead atoms. The summed E-state index contributed by atoms with van der Waals surface area (Å²) in [5.74, 6) is -1.33. The predicted molar refractivity (Wildman–Crippen MR) is 66.5 cm³/mol. The number of carbonyl (C=O) groups excluding carboxylic acids is 2. The lowest BCUT2D eigenvalue weighted by atomic mass is 10.2. The summed E-state index contributed by atoms with van der Waals surface area (Å²) in [4.78, 5) is 26.2. The molecule has 1 aromatic heterocycles. The van der Waals surface area contributed by atoms with Crippen molar-refractivity contribution < 1.29 is 18.0 Å². The number of amides is 2. The number of nitrogens with zero attached hydrogens (tertiary/aromatic N) is 2. The third-order valence-electron chi connectivity index (χ3n) is 2.71. The van der Waals surface area contributed by atoms with Crippen LogP contribution >= 0.6 is 0 Å². The van der Waals surface area contributed by atoms with Gasteiger partial charge < -0.3 is 0 Å². The maximum atomic E-state index is 12.0. The summed E-state index contributed by atoms with van der Waals surface area (Å²) in [6, 6.07) is 3.45. The van der Waals surface area contributed by atoms with E-state index in [1.165, 1.54) is 0 Å². The molecule has 0 saturated carbocycles. The second-order valence-electron chi connectivity index (χ2n) is 4.16. The van der Waals surface area contributed by atoms with E-state index in [-0.39, 0.29) is 18.8 Å². The minimum Gasteiger partial charge on any atom is -0.294 e. The van der Waals surface area contributed by atoms with E-state index < -0.39 is 21.8 Å². The Balaban J connectivity index is 2.02. The fourth-order valence-corrected chi connectivity index (χ4v) is 3.11. The molecule has 1 aliphatic rings. The first-order chi connectivity index (χ1) is 8.97. The lowest BCUT2D eigenvalue weighted by molar-refractivity contribution is -0.134. The van der Waals surface area contributed by atoms with Gasteiger partial charge in [0.1, 0.15) is 0 Å². The van der Waals surface area contributed by atoms with E-state index in [4.69, 9.17) is 0 Å². The van der Waals surface area contributed by atoms with Gasteiger partial charge >= 0.3 is 0 Å². The van der Waals surface area contributed by atoms with Crippen LogP contribution in [0.25, 0.3) is 0 Å². The number of piperazine rings is 1. The number of hydrogen-bond acceptors (Lipinski definition) is 5. The fraction of sp³-hybridized carbons (Fsp3) is 0.364. The van der Waals surface area contributed by atoms with Crippen molar-refractivity contribution in [2.45, 2.75) is 6.42 Å². The van der Waals surface area contributed by atoms with Gasteiger partial charge in [0.2, 0.25) is 21.8 Å². The van der Waals surface area contributed by atoms with Crippen LogP contribution in [0.3, 0.4) is 0 Å². The normalized spacial score (nSPS) is 17.3. The monoisotopic (exact) mass is 283 g/mol. The summed E-state index contributed by atoms with van der Waals surface area (Å²) in [5.41, 5.74) is 0.839. The first-order valence-electron chi connectivity index (χ1n) is 5.67. The van der Waals surface area contributed by atoms with Crippen molar-refractivity contribution in [2.75, 3.05) is 18.8 Å². The van der Waals surface area contributed by atoms with Crippen molar-refractivity contribution >= 4 is 21.8 Å². The van der Waals surface area contributed by atoms with Gasteiger partial charge in [0, 0.05) is 12.4 Å². The number of hydrogen-bond donors (Lipinski definition) is 1. The molecule has 1 N–H and O–H groups in total. The Morgan fingerprint density at radius 3 is 2.32 bits per heavy atom. The van der Waals surface area contributed by atoms with Crippen LogP contribution in [0.5, 0.6) is 0 Å². The van der Waals surface area contributed by atoms with Crippen LogP contribution < -0.4 is 5.32 Å². The highest BCUT2D eigenvalue weighted by Gasteiger charge is 2.31. The zero-order chi connectivity index (χ0) is 13.9. The zero-order valence-corrected chi connectivity index (χ0v) is 10.9. The Morgan fingerprint density at radius 2 is 1.74 bits per heavy atom. The average molecular weight is 283 g/mol. The summed E-state index contributed by atoms with van der Waals surface area (Å²) in [6.07, 6.45) is 3.48. The van der Waals surface area contributed by atoms with Crippen molar-refractivity contribution in [1.82, 2.24) is 14.6 Å². The van der Waals surface area contributed by atoms with Gasteiger partial charge in [-0.15, -0.1) is 0 Å². The molecule has 0 spiro atoms. The number of pyridine rings is 1. The van der Waals surface area contributed by atoms with E-state index in [0.717, 1.165) is 9.87 Å². The van der Waals surface area contributed by atoms with Crippen molar-refractivity contribution in [3.63, 3.8) is 0 Å². The number of aryl methyl sites for hydroxylation is 1. The summed E-state index contributed by atoms with van der Waals surface area (Å²) in [5, 5.41) is 2.06. The summed E-state index contributed by atoms with van der Waals surface area (Å²) < 4.78 is 25.0. The third-order valence-corrected chi connectivity index (χ3v) is 4.48. The van der Waals surface area contributed by atoms with Crippen molar-refractivity contribution in [3.8, 4) is 0 Å². The maximum absolute atomic E-state index is 12.0. The van der Waals surface area contributed by atoms with Gasteiger partial charge in [0.15, 0.2) is 0 Å². The molecule has 2 rings (SSSR count). The Hall–Kier alpha value is -1.80. The number of imide groups is 1. The molecular formula is C11H13N3O4S. The van der Waals surface area contributed by atoms with Crippen LogP contribution in [0.2, 0.25) is 0 Å². The lowest BCUT2D eigenvalue weighted by Gasteiger charge is -2.24. The fourth-order valence-electron chi connectivity index (χ4n) is 1.73. The maximum Gasteiger partial charge on any atom is 0.241 e. The Bertz CT molecular complexity index is 569. The van der Waals surface area contributed by atoms with E-state index in [2.05, 4.69) is 10.3 Å². The molecule has 8 heteroatoms. The third kappa shape index (κ3) is 3.58. The van der Waals surface area contributed by atoms with Gasteiger partial charge in [-0.3, -0.25) is 19.9 Å². The number of rotatable bonds is 4. The van der Waals surface area contributed by atoms with Gasteiger partial charge in [-0.2, -0.15) is 4.31 Å². The average Bonchev–Trinajstić information content (AvgIpc) is 2.37. The molecule has 7 nitrogen and oxygen atoms in total. The van der Waals surface area contributed by atoms with Gasteiger partial charge in [-0.1, -0.05) is 0 Å². The molecule has 0 aromatic carbocycles. The largest absolute Gasteiger partial charge is 0.294 e.